The zero-order chi connectivity index (χ0) is 21.1. The second kappa shape index (κ2) is 8.34. The van der Waals surface area contributed by atoms with Crippen LogP contribution in [0.2, 0.25) is 0 Å². The molecule has 0 aliphatic carbocycles. The molecular weight excluding hydrogens is 368 g/mol. The van der Waals surface area contributed by atoms with Crippen molar-refractivity contribution in [3.8, 4) is 5.82 Å². The fourth-order valence-electron chi connectivity index (χ4n) is 3.27. The summed E-state index contributed by atoms with van der Waals surface area (Å²) in [5, 5.41) is 9.82. The van der Waals surface area contributed by atoms with E-state index in [1.165, 1.54) is 0 Å². The standard InChI is InChI=1S/C22H26N4O3/c1-13(2)23-21(27)12-17-6-8-18(9-7-17)24-22(28)19-10-14(3)26(16(19)5)20-11-15(4)29-25-20/h6-11,13H,12H2,1-5H3,(H,23,27)(H,24,28). The predicted molar refractivity (Wildman–Crippen MR) is 111 cm³/mol. The molecule has 29 heavy (non-hydrogen) atoms. The van der Waals surface area contributed by atoms with Crippen LogP contribution in [0, 0.1) is 20.8 Å². The summed E-state index contributed by atoms with van der Waals surface area (Å²) in [6, 6.07) is 11.1. The Balaban J connectivity index is 1.71. The van der Waals surface area contributed by atoms with Gasteiger partial charge in [-0.1, -0.05) is 17.3 Å². The van der Waals surface area contributed by atoms with Crippen LogP contribution in [0.15, 0.2) is 40.9 Å². The predicted octanol–water partition coefficient (Wildman–Crippen LogP) is 3.71. The lowest BCUT2D eigenvalue weighted by atomic mass is 10.1. The zero-order valence-corrected chi connectivity index (χ0v) is 17.4. The van der Waals surface area contributed by atoms with Crippen molar-refractivity contribution in [2.24, 2.45) is 0 Å². The number of hydrogen-bond donors (Lipinski definition) is 2. The Hall–Kier alpha value is -3.35. The maximum absolute atomic E-state index is 12.8. The highest BCUT2D eigenvalue weighted by Crippen LogP contribution is 2.22. The fraction of sp³-hybridized carbons (Fsp3) is 0.318. The number of amides is 2. The zero-order valence-electron chi connectivity index (χ0n) is 17.4. The van der Waals surface area contributed by atoms with Crippen LogP contribution < -0.4 is 10.6 Å². The van der Waals surface area contributed by atoms with Crippen molar-refractivity contribution in [1.82, 2.24) is 15.0 Å². The smallest absolute Gasteiger partial charge is 0.257 e. The molecule has 1 aromatic carbocycles. The Morgan fingerprint density at radius 1 is 1.10 bits per heavy atom. The Morgan fingerprint density at radius 3 is 2.38 bits per heavy atom. The quantitative estimate of drug-likeness (QED) is 0.667. The van der Waals surface area contributed by atoms with Gasteiger partial charge in [-0.25, -0.2) is 0 Å². The largest absolute Gasteiger partial charge is 0.360 e. The highest BCUT2D eigenvalue weighted by Gasteiger charge is 2.18. The number of anilines is 1. The van der Waals surface area contributed by atoms with E-state index in [9.17, 15) is 9.59 Å². The average Bonchev–Trinajstić information content (AvgIpc) is 3.18. The number of hydrogen-bond acceptors (Lipinski definition) is 4. The molecule has 2 amide bonds. The number of carbonyl (C=O) groups is 2. The van der Waals surface area contributed by atoms with Crippen molar-refractivity contribution < 1.29 is 14.1 Å². The van der Waals surface area contributed by atoms with Gasteiger partial charge >= 0.3 is 0 Å². The van der Waals surface area contributed by atoms with E-state index in [0.29, 0.717) is 29.2 Å². The molecule has 0 atom stereocenters. The minimum absolute atomic E-state index is 0.0210. The normalized spacial score (nSPS) is 11.0. The van der Waals surface area contributed by atoms with Crippen molar-refractivity contribution in [3.05, 3.63) is 64.7 Å². The highest BCUT2D eigenvalue weighted by molar-refractivity contribution is 6.05. The summed E-state index contributed by atoms with van der Waals surface area (Å²) >= 11 is 0. The first-order valence-corrected chi connectivity index (χ1v) is 9.57. The van der Waals surface area contributed by atoms with Crippen LogP contribution in [0.4, 0.5) is 5.69 Å². The van der Waals surface area contributed by atoms with Crippen molar-refractivity contribution in [2.75, 3.05) is 5.32 Å². The van der Waals surface area contributed by atoms with E-state index < -0.39 is 0 Å². The molecule has 0 unspecified atom stereocenters. The molecule has 0 aliphatic rings. The molecule has 2 aromatic heterocycles. The summed E-state index contributed by atoms with van der Waals surface area (Å²) in [6.45, 7) is 9.48. The summed E-state index contributed by atoms with van der Waals surface area (Å²) in [5.74, 6) is 1.14. The van der Waals surface area contributed by atoms with Gasteiger partial charge < -0.3 is 15.2 Å². The molecule has 7 nitrogen and oxygen atoms in total. The number of rotatable bonds is 6. The van der Waals surface area contributed by atoms with E-state index in [0.717, 1.165) is 17.0 Å². The molecule has 0 radical (unpaired) electrons. The second-order valence-electron chi connectivity index (χ2n) is 7.47. The van der Waals surface area contributed by atoms with Crippen LogP contribution in [0.1, 0.15) is 46.9 Å². The van der Waals surface area contributed by atoms with Gasteiger partial charge in [0, 0.05) is 29.2 Å². The van der Waals surface area contributed by atoms with Crippen LogP contribution in [-0.4, -0.2) is 27.6 Å². The van der Waals surface area contributed by atoms with E-state index in [2.05, 4.69) is 15.8 Å². The van der Waals surface area contributed by atoms with E-state index in [1.807, 2.05) is 63.5 Å². The summed E-state index contributed by atoms with van der Waals surface area (Å²) in [6.07, 6.45) is 0.310. The number of nitrogens with zero attached hydrogens (tertiary/aromatic N) is 2. The maximum atomic E-state index is 12.8. The van der Waals surface area contributed by atoms with Gasteiger partial charge in [0.25, 0.3) is 5.91 Å². The SMILES string of the molecule is Cc1cc(-n2c(C)cc(C(=O)Nc3ccc(CC(=O)NC(C)C)cc3)c2C)no1. The Morgan fingerprint density at radius 2 is 1.79 bits per heavy atom. The molecule has 0 saturated carbocycles. The monoisotopic (exact) mass is 394 g/mol. The number of aromatic nitrogens is 2. The van der Waals surface area contributed by atoms with Crippen molar-refractivity contribution in [1.29, 1.82) is 0 Å². The third-order valence-corrected chi connectivity index (χ3v) is 4.55. The lowest BCUT2D eigenvalue weighted by molar-refractivity contribution is -0.120. The van der Waals surface area contributed by atoms with E-state index in [-0.39, 0.29) is 17.9 Å². The van der Waals surface area contributed by atoms with E-state index >= 15 is 0 Å². The molecule has 0 aliphatic heterocycles. The van der Waals surface area contributed by atoms with Gasteiger partial charge in [-0.05, 0) is 58.4 Å². The van der Waals surface area contributed by atoms with E-state index in [1.54, 1.807) is 12.1 Å². The number of aryl methyl sites for hydroxylation is 2. The minimum atomic E-state index is -0.199. The summed E-state index contributed by atoms with van der Waals surface area (Å²) < 4.78 is 7.04. The van der Waals surface area contributed by atoms with Gasteiger partial charge in [0.15, 0.2) is 5.82 Å². The summed E-state index contributed by atoms with van der Waals surface area (Å²) in [5.41, 5.74) is 3.82. The second-order valence-corrected chi connectivity index (χ2v) is 7.47. The van der Waals surface area contributed by atoms with Gasteiger partial charge in [0.1, 0.15) is 5.76 Å². The van der Waals surface area contributed by atoms with Gasteiger partial charge in [-0.3, -0.25) is 14.2 Å². The number of nitrogens with one attached hydrogen (secondary N) is 2. The first-order valence-electron chi connectivity index (χ1n) is 9.57. The van der Waals surface area contributed by atoms with Gasteiger partial charge in [0.05, 0.1) is 12.0 Å². The van der Waals surface area contributed by atoms with Crippen molar-refractivity contribution in [2.45, 2.75) is 47.1 Å². The minimum Gasteiger partial charge on any atom is -0.360 e. The molecule has 7 heteroatoms. The molecule has 2 N–H and O–H groups in total. The molecule has 2 heterocycles. The molecular formula is C22H26N4O3. The summed E-state index contributed by atoms with van der Waals surface area (Å²) in [7, 11) is 0. The van der Waals surface area contributed by atoms with Gasteiger partial charge in [0.2, 0.25) is 5.91 Å². The fourth-order valence-corrected chi connectivity index (χ4v) is 3.27. The third kappa shape index (κ3) is 4.74. The Labute approximate surface area is 170 Å². The molecule has 3 rings (SSSR count). The third-order valence-electron chi connectivity index (χ3n) is 4.55. The number of benzene rings is 1. The topological polar surface area (TPSA) is 89.2 Å². The van der Waals surface area contributed by atoms with Crippen LogP contribution in [-0.2, 0) is 11.2 Å². The first kappa shape index (κ1) is 20.4. The molecule has 3 aromatic rings. The molecule has 0 fully saturated rings. The van der Waals surface area contributed by atoms with Crippen molar-refractivity contribution in [3.63, 3.8) is 0 Å². The van der Waals surface area contributed by atoms with E-state index in [4.69, 9.17) is 4.52 Å². The van der Waals surface area contributed by atoms with Gasteiger partial charge in [-0.2, -0.15) is 0 Å². The van der Waals surface area contributed by atoms with Crippen LogP contribution in [0.3, 0.4) is 0 Å². The van der Waals surface area contributed by atoms with Gasteiger partial charge in [-0.15, -0.1) is 0 Å². The number of carbonyl (C=O) groups excluding carboxylic acids is 2. The van der Waals surface area contributed by atoms with Crippen LogP contribution >= 0.6 is 0 Å². The molecule has 0 bridgehead atoms. The van der Waals surface area contributed by atoms with Crippen LogP contribution in [0.25, 0.3) is 5.82 Å². The first-order chi connectivity index (χ1) is 13.7. The average molecular weight is 394 g/mol. The van der Waals surface area contributed by atoms with Crippen molar-refractivity contribution >= 4 is 17.5 Å². The van der Waals surface area contributed by atoms with Crippen LogP contribution in [0.5, 0.6) is 0 Å². The summed E-state index contributed by atoms with van der Waals surface area (Å²) in [4.78, 5) is 24.7. The maximum Gasteiger partial charge on any atom is 0.257 e. The molecule has 152 valence electrons. The Bertz CT molecular complexity index is 1030. The highest BCUT2D eigenvalue weighted by atomic mass is 16.5. The lowest BCUT2D eigenvalue weighted by Gasteiger charge is -2.09. The molecule has 0 saturated heterocycles. The lowest BCUT2D eigenvalue weighted by Crippen LogP contribution is -2.31. The molecule has 0 spiro atoms. The Kier molecular flexibility index (Phi) is 5.87.